The molecule has 3 aromatic rings. The van der Waals surface area contributed by atoms with Crippen molar-refractivity contribution < 1.29 is 43.2 Å². The first-order valence-electron chi connectivity index (χ1n) is 15.0. The molecular weight excluding hydrogens is 615 g/mol. The predicted octanol–water partition coefficient (Wildman–Crippen LogP) is 2.76. The number of rotatable bonds is 10. The Morgan fingerprint density at radius 1 is 1.15 bits per heavy atom. The van der Waals surface area contributed by atoms with Gasteiger partial charge in [-0.25, -0.2) is 18.7 Å². The number of aliphatic hydroxyl groups is 2. The number of esters is 1. The van der Waals surface area contributed by atoms with Gasteiger partial charge >= 0.3 is 12.1 Å². The third-order valence-electron chi connectivity index (χ3n) is 7.42. The second kappa shape index (κ2) is 13.6. The molecule has 252 valence electrons. The number of fused-ring (bicyclic) bond motifs is 1. The molecule has 0 bridgehead atoms. The summed E-state index contributed by atoms with van der Waals surface area (Å²) in [5.74, 6) is -1.68. The SMILES string of the molecule is CC(C)CC(=O)OC[C@H]1O[C@@](C#N)(c2ccc3c(NC(=O)[C@@](C)(Cc4ccc(F)cc4)NC(=O)OC(C)(C)C)ncnn23)[C@H](O)[C@@H]1O. The molecule has 14 nitrogen and oxygen atoms in total. The van der Waals surface area contributed by atoms with Gasteiger partial charge in [-0.15, -0.1) is 0 Å². The molecule has 2 amide bonds. The van der Waals surface area contributed by atoms with Crippen molar-refractivity contribution in [3.63, 3.8) is 0 Å². The van der Waals surface area contributed by atoms with Gasteiger partial charge in [0.15, 0.2) is 5.82 Å². The lowest BCUT2D eigenvalue weighted by molar-refractivity contribution is -0.151. The molecule has 0 radical (unpaired) electrons. The van der Waals surface area contributed by atoms with Gasteiger partial charge in [0.05, 0.1) is 5.69 Å². The summed E-state index contributed by atoms with van der Waals surface area (Å²) in [6, 6.07) is 10.3. The number of carbonyl (C=O) groups excluding carboxylic acids is 3. The predicted molar refractivity (Wildman–Crippen MR) is 164 cm³/mol. The Labute approximate surface area is 270 Å². The van der Waals surface area contributed by atoms with E-state index in [0.29, 0.717) is 5.56 Å². The molecule has 1 aliphatic heterocycles. The van der Waals surface area contributed by atoms with Crippen molar-refractivity contribution in [3.05, 3.63) is 59.8 Å². The molecule has 0 aliphatic carbocycles. The van der Waals surface area contributed by atoms with Crippen LogP contribution in [-0.4, -0.2) is 78.8 Å². The van der Waals surface area contributed by atoms with Crippen LogP contribution in [0, 0.1) is 23.1 Å². The van der Waals surface area contributed by atoms with E-state index < -0.39 is 65.4 Å². The molecule has 0 unspecified atom stereocenters. The number of anilines is 1. The lowest BCUT2D eigenvalue weighted by Crippen LogP contribution is -2.57. The van der Waals surface area contributed by atoms with Crippen LogP contribution in [0.4, 0.5) is 15.0 Å². The van der Waals surface area contributed by atoms with E-state index in [2.05, 4.69) is 20.7 Å². The molecule has 2 aromatic heterocycles. The Kier molecular flexibility index (Phi) is 10.2. The molecule has 1 saturated heterocycles. The van der Waals surface area contributed by atoms with Crippen LogP contribution in [0.25, 0.3) is 5.52 Å². The number of aromatic nitrogens is 3. The van der Waals surface area contributed by atoms with E-state index in [4.69, 9.17) is 14.2 Å². The van der Waals surface area contributed by atoms with Gasteiger partial charge in [0.1, 0.15) is 59.8 Å². The Balaban J connectivity index is 1.63. The first kappa shape index (κ1) is 35.2. The molecule has 1 fully saturated rings. The number of nitrogens with one attached hydrogen (secondary N) is 2. The number of nitrogens with zero attached hydrogens (tertiary/aromatic N) is 4. The molecule has 47 heavy (non-hydrogen) atoms. The zero-order valence-corrected chi connectivity index (χ0v) is 27.0. The van der Waals surface area contributed by atoms with Gasteiger partial charge < -0.3 is 35.1 Å². The standard InChI is InChI=1S/C32H39FN6O8/c1-18(2)13-24(40)45-15-22-25(41)26(42)32(16-34,46-22)23-12-11-21-27(35-17-36-39(21)23)37-28(43)31(6,38-29(44)47-30(3,4)5)14-19-7-9-20(33)10-8-19/h7-12,17-18,22,25-26,41-42H,13-15H2,1-6H3,(H,38,44)(H,35,36,37,43)/t22-,25-,26-,31-,32+/m1/s1. The van der Waals surface area contributed by atoms with Crippen molar-refractivity contribution in [1.82, 2.24) is 19.9 Å². The molecule has 5 atom stereocenters. The molecular formula is C32H39FN6O8. The van der Waals surface area contributed by atoms with E-state index >= 15 is 0 Å². The Morgan fingerprint density at radius 2 is 1.83 bits per heavy atom. The van der Waals surface area contributed by atoms with Gasteiger partial charge in [-0.3, -0.25) is 9.59 Å². The van der Waals surface area contributed by atoms with Crippen molar-refractivity contribution in [3.8, 4) is 6.07 Å². The van der Waals surface area contributed by atoms with Gasteiger partial charge in [-0.2, -0.15) is 10.4 Å². The normalized spacial score (nSPS) is 22.4. The maximum absolute atomic E-state index is 13.8. The fourth-order valence-electron chi connectivity index (χ4n) is 5.16. The zero-order valence-electron chi connectivity index (χ0n) is 27.0. The van der Waals surface area contributed by atoms with Crippen molar-refractivity contribution >= 4 is 29.3 Å². The van der Waals surface area contributed by atoms with Crippen LogP contribution in [0.3, 0.4) is 0 Å². The van der Waals surface area contributed by atoms with Crippen LogP contribution in [0.15, 0.2) is 42.7 Å². The number of hydrogen-bond donors (Lipinski definition) is 4. The molecule has 4 rings (SSSR count). The van der Waals surface area contributed by atoms with E-state index in [0.717, 1.165) is 6.33 Å². The van der Waals surface area contributed by atoms with E-state index in [1.807, 2.05) is 19.9 Å². The topological polar surface area (TPSA) is 197 Å². The second-order valence-electron chi connectivity index (χ2n) is 13.1. The molecule has 1 aliphatic rings. The Hall–Kier alpha value is -4.65. The highest BCUT2D eigenvalue weighted by Gasteiger charge is 2.58. The summed E-state index contributed by atoms with van der Waals surface area (Å²) in [5.41, 5.74) is -3.87. The number of amides is 2. The molecule has 0 saturated carbocycles. The van der Waals surface area contributed by atoms with Gasteiger partial charge in [0, 0.05) is 12.8 Å². The van der Waals surface area contributed by atoms with Gasteiger partial charge in [0.2, 0.25) is 5.60 Å². The van der Waals surface area contributed by atoms with Crippen LogP contribution in [-0.2, 0) is 35.8 Å². The van der Waals surface area contributed by atoms with Crippen molar-refractivity contribution in [1.29, 1.82) is 5.26 Å². The monoisotopic (exact) mass is 654 g/mol. The summed E-state index contributed by atoms with van der Waals surface area (Å²) in [4.78, 5) is 42.9. The number of benzene rings is 1. The van der Waals surface area contributed by atoms with Crippen LogP contribution >= 0.6 is 0 Å². The first-order chi connectivity index (χ1) is 22.0. The van der Waals surface area contributed by atoms with Crippen LogP contribution in [0.1, 0.15) is 59.2 Å². The van der Waals surface area contributed by atoms with Gasteiger partial charge in [-0.05, 0) is 63.4 Å². The number of hydrogen-bond acceptors (Lipinski definition) is 11. The van der Waals surface area contributed by atoms with Crippen molar-refractivity contribution in [2.75, 3.05) is 11.9 Å². The fraction of sp³-hybridized carbons (Fsp3) is 0.500. The quantitative estimate of drug-likeness (QED) is 0.235. The number of alkyl carbamates (subject to hydrolysis) is 1. The lowest BCUT2D eigenvalue weighted by atomic mass is 9.91. The average molecular weight is 655 g/mol. The number of carbonyl (C=O) groups is 3. The summed E-state index contributed by atoms with van der Waals surface area (Å²) < 4.78 is 31.3. The molecule has 4 N–H and O–H groups in total. The lowest BCUT2D eigenvalue weighted by Gasteiger charge is -2.31. The number of ether oxygens (including phenoxy) is 3. The van der Waals surface area contributed by atoms with E-state index in [1.165, 1.54) is 47.8 Å². The van der Waals surface area contributed by atoms with Crippen LogP contribution in [0.2, 0.25) is 0 Å². The zero-order chi connectivity index (χ0) is 34.7. The van der Waals surface area contributed by atoms with Crippen molar-refractivity contribution in [2.24, 2.45) is 5.92 Å². The first-order valence-corrected chi connectivity index (χ1v) is 15.0. The third-order valence-corrected chi connectivity index (χ3v) is 7.42. The minimum atomic E-state index is -2.13. The van der Waals surface area contributed by atoms with Crippen molar-refractivity contribution in [2.45, 2.75) is 89.4 Å². The maximum atomic E-state index is 13.8. The Morgan fingerprint density at radius 3 is 2.45 bits per heavy atom. The summed E-state index contributed by atoms with van der Waals surface area (Å²) in [6.07, 6.45) is -4.24. The van der Waals surface area contributed by atoms with Crippen LogP contribution in [0.5, 0.6) is 0 Å². The number of nitriles is 1. The fourth-order valence-corrected chi connectivity index (χ4v) is 5.16. The molecule has 1 aromatic carbocycles. The number of halogens is 1. The summed E-state index contributed by atoms with van der Waals surface area (Å²) in [5, 5.41) is 41.5. The molecule has 15 heteroatoms. The van der Waals surface area contributed by atoms with Crippen LogP contribution < -0.4 is 10.6 Å². The highest BCUT2D eigenvalue weighted by molar-refractivity contribution is 6.01. The summed E-state index contributed by atoms with van der Waals surface area (Å²) in [6.45, 7) is 9.77. The maximum Gasteiger partial charge on any atom is 0.408 e. The third kappa shape index (κ3) is 7.84. The van der Waals surface area contributed by atoms with Gasteiger partial charge in [0.25, 0.3) is 5.91 Å². The minimum absolute atomic E-state index is 0.0106. The van der Waals surface area contributed by atoms with E-state index in [1.54, 1.807) is 20.8 Å². The van der Waals surface area contributed by atoms with Gasteiger partial charge in [-0.1, -0.05) is 26.0 Å². The van der Waals surface area contributed by atoms with E-state index in [-0.39, 0.29) is 35.8 Å². The molecule has 3 heterocycles. The largest absolute Gasteiger partial charge is 0.463 e. The highest BCUT2D eigenvalue weighted by atomic mass is 19.1. The Bertz CT molecular complexity index is 1670. The minimum Gasteiger partial charge on any atom is -0.463 e. The average Bonchev–Trinajstić information content (AvgIpc) is 3.52. The highest BCUT2D eigenvalue weighted by Crippen LogP contribution is 2.40. The summed E-state index contributed by atoms with van der Waals surface area (Å²) in [7, 11) is 0. The van der Waals surface area contributed by atoms with E-state index in [9.17, 15) is 34.2 Å². The number of aliphatic hydroxyl groups excluding tert-OH is 2. The second-order valence-corrected chi connectivity index (χ2v) is 13.1. The summed E-state index contributed by atoms with van der Waals surface area (Å²) >= 11 is 0. The smallest absolute Gasteiger partial charge is 0.408 e. The molecule has 0 spiro atoms.